The van der Waals surface area contributed by atoms with E-state index in [-0.39, 0.29) is 6.04 Å². The number of ether oxygens (including phenoxy) is 1. The molecule has 6 nitrogen and oxygen atoms in total. The fraction of sp³-hybridized carbons (Fsp3) is 0.733. The van der Waals surface area contributed by atoms with Crippen molar-refractivity contribution in [2.75, 3.05) is 47.4 Å². The van der Waals surface area contributed by atoms with Crippen molar-refractivity contribution in [3.05, 3.63) is 18.1 Å². The molecule has 2 unspecified atom stereocenters. The lowest BCUT2D eigenvalue weighted by atomic mass is 10.0. The Morgan fingerprint density at radius 2 is 2.10 bits per heavy atom. The van der Waals surface area contributed by atoms with Crippen molar-refractivity contribution < 1.29 is 4.74 Å². The topological polar surface area (TPSA) is 53.5 Å². The molecule has 0 amide bonds. The van der Waals surface area contributed by atoms with Gasteiger partial charge in [0.25, 0.3) is 0 Å². The highest BCUT2D eigenvalue weighted by Crippen LogP contribution is 2.26. The minimum atomic E-state index is 0.115. The average Bonchev–Trinajstić information content (AvgIpc) is 2.66. The van der Waals surface area contributed by atoms with Gasteiger partial charge in [0, 0.05) is 25.0 Å². The second kappa shape index (κ2) is 7.68. The number of methoxy groups -OCH3 is 1. The van der Waals surface area contributed by atoms with Crippen molar-refractivity contribution in [1.29, 1.82) is 0 Å². The molecule has 2 heterocycles. The highest BCUT2D eigenvalue weighted by atomic mass is 16.5. The molecule has 21 heavy (non-hydrogen) atoms. The number of nitrogens with zero attached hydrogens (tertiary/aromatic N) is 4. The first-order valence-electron chi connectivity index (χ1n) is 7.64. The van der Waals surface area contributed by atoms with Gasteiger partial charge < -0.3 is 19.9 Å². The van der Waals surface area contributed by atoms with Crippen molar-refractivity contribution in [3.8, 4) is 5.88 Å². The number of nitrogens with one attached hydrogen (secondary N) is 1. The van der Waals surface area contributed by atoms with E-state index in [1.165, 1.54) is 6.42 Å². The Kier molecular flexibility index (Phi) is 5.90. The normalized spacial score (nSPS) is 22.8. The molecule has 1 aromatic rings. The largest absolute Gasteiger partial charge is 0.480 e. The van der Waals surface area contributed by atoms with Crippen LogP contribution >= 0.6 is 0 Å². The van der Waals surface area contributed by atoms with E-state index in [0.29, 0.717) is 11.9 Å². The zero-order valence-corrected chi connectivity index (χ0v) is 13.5. The number of likely N-dealkylation sites (N-methyl/N-ethyl adjacent to an activating group) is 3. The number of hydrogen-bond acceptors (Lipinski definition) is 6. The van der Waals surface area contributed by atoms with Crippen LogP contribution in [0.4, 0.5) is 0 Å². The third-order valence-electron chi connectivity index (χ3n) is 4.10. The van der Waals surface area contributed by atoms with Crippen LogP contribution in [0.1, 0.15) is 25.1 Å². The van der Waals surface area contributed by atoms with E-state index in [1.807, 2.05) is 0 Å². The molecule has 2 atom stereocenters. The number of aromatic nitrogens is 2. The van der Waals surface area contributed by atoms with Crippen LogP contribution in [0.15, 0.2) is 12.4 Å². The third-order valence-corrected chi connectivity index (χ3v) is 4.10. The van der Waals surface area contributed by atoms with Gasteiger partial charge in [0.05, 0.1) is 13.2 Å². The van der Waals surface area contributed by atoms with Crippen molar-refractivity contribution in [2.24, 2.45) is 0 Å². The molecule has 1 saturated heterocycles. The van der Waals surface area contributed by atoms with E-state index < -0.39 is 0 Å². The van der Waals surface area contributed by atoms with Gasteiger partial charge in [0.1, 0.15) is 5.69 Å². The van der Waals surface area contributed by atoms with Crippen LogP contribution in [-0.4, -0.2) is 73.2 Å². The predicted molar refractivity (Wildman–Crippen MR) is 83.5 cm³/mol. The molecule has 0 bridgehead atoms. The molecule has 0 saturated carbocycles. The zero-order valence-electron chi connectivity index (χ0n) is 13.5. The quantitative estimate of drug-likeness (QED) is 0.865. The minimum absolute atomic E-state index is 0.115. The summed E-state index contributed by atoms with van der Waals surface area (Å²) in [5.41, 5.74) is 0.897. The first-order chi connectivity index (χ1) is 10.2. The maximum absolute atomic E-state index is 5.41. The standard InChI is InChI=1S/C15H27N5O/c1-5-16-13(14-15(21-4)18-8-7-17-14)12-11-19(2)9-6-10-20(12)3/h7-8,12-13,16H,5-6,9-11H2,1-4H3. The molecule has 0 radical (unpaired) electrons. The molecular formula is C15H27N5O. The van der Waals surface area contributed by atoms with Crippen molar-refractivity contribution in [3.63, 3.8) is 0 Å². The molecule has 0 aliphatic carbocycles. The number of hydrogen-bond donors (Lipinski definition) is 1. The summed E-state index contributed by atoms with van der Waals surface area (Å²) in [5.74, 6) is 0.615. The van der Waals surface area contributed by atoms with Crippen molar-refractivity contribution in [1.82, 2.24) is 25.1 Å². The first-order valence-corrected chi connectivity index (χ1v) is 7.64. The molecular weight excluding hydrogens is 266 g/mol. The van der Waals surface area contributed by atoms with Gasteiger partial charge in [-0.1, -0.05) is 6.92 Å². The molecule has 118 valence electrons. The molecule has 1 N–H and O–H groups in total. The van der Waals surface area contributed by atoms with Crippen LogP contribution in [0.2, 0.25) is 0 Å². The monoisotopic (exact) mass is 293 g/mol. The molecule has 0 spiro atoms. The maximum atomic E-state index is 5.41. The molecule has 1 aliphatic heterocycles. The summed E-state index contributed by atoms with van der Waals surface area (Å²) in [6.45, 7) is 6.25. The van der Waals surface area contributed by atoms with Crippen LogP contribution in [0.3, 0.4) is 0 Å². The van der Waals surface area contributed by atoms with E-state index in [9.17, 15) is 0 Å². The third kappa shape index (κ3) is 3.90. The van der Waals surface area contributed by atoms with Crippen LogP contribution < -0.4 is 10.1 Å². The first kappa shape index (κ1) is 16.1. The van der Waals surface area contributed by atoms with Crippen LogP contribution in [0.5, 0.6) is 5.88 Å². The van der Waals surface area contributed by atoms with Crippen LogP contribution in [0.25, 0.3) is 0 Å². The molecule has 0 aromatic carbocycles. The summed E-state index contributed by atoms with van der Waals surface area (Å²) >= 11 is 0. The van der Waals surface area contributed by atoms with Gasteiger partial charge in [0.15, 0.2) is 0 Å². The van der Waals surface area contributed by atoms with E-state index in [2.05, 4.69) is 46.1 Å². The van der Waals surface area contributed by atoms with Crippen molar-refractivity contribution >= 4 is 0 Å². The Labute approximate surface area is 127 Å². The molecule has 6 heteroatoms. The summed E-state index contributed by atoms with van der Waals surface area (Å²) in [6, 6.07) is 0.465. The Morgan fingerprint density at radius 1 is 1.33 bits per heavy atom. The Morgan fingerprint density at radius 3 is 2.81 bits per heavy atom. The SMILES string of the molecule is CCNC(c1nccnc1OC)C1CN(C)CCCN1C. The van der Waals surface area contributed by atoms with Gasteiger partial charge in [-0.15, -0.1) is 0 Å². The summed E-state index contributed by atoms with van der Waals surface area (Å²) in [7, 11) is 6.03. The van der Waals surface area contributed by atoms with E-state index in [0.717, 1.165) is 31.9 Å². The van der Waals surface area contributed by atoms with Gasteiger partial charge in [-0.05, 0) is 40.2 Å². The van der Waals surface area contributed by atoms with Crippen LogP contribution in [0, 0.1) is 0 Å². The minimum Gasteiger partial charge on any atom is -0.480 e. The fourth-order valence-corrected chi connectivity index (χ4v) is 3.01. The van der Waals surface area contributed by atoms with E-state index in [1.54, 1.807) is 19.5 Å². The Hall–Kier alpha value is -1.24. The van der Waals surface area contributed by atoms with Crippen molar-refractivity contribution in [2.45, 2.75) is 25.4 Å². The Balaban J connectivity index is 2.32. The van der Waals surface area contributed by atoms with Gasteiger partial charge in [0.2, 0.25) is 5.88 Å². The van der Waals surface area contributed by atoms with Crippen LogP contribution in [-0.2, 0) is 0 Å². The van der Waals surface area contributed by atoms with Gasteiger partial charge >= 0.3 is 0 Å². The zero-order chi connectivity index (χ0) is 15.2. The smallest absolute Gasteiger partial charge is 0.237 e. The number of rotatable bonds is 5. The summed E-state index contributed by atoms with van der Waals surface area (Å²) < 4.78 is 5.41. The predicted octanol–water partition coefficient (Wildman–Crippen LogP) is 0.772. The summed E-state index contributed by atoms with van der Waals surface area (Å²) in [6.07, 6.45) is 4.61. The second-order valence-electron chi connectivity index (χ2n) is 5.65. The fourth-order valence-electron chi connectivity index (χ4n) is 3.01. The van der Waals surface area contributed by atoms with Gasteiger partial charge in [-0.2, -0.15) is 0 Å². The summed E-state index contributed by atoms with van der Waals surface area (Å²) in [4.78, 5) is 13.7. The van der Waals surface area contributed by atoms with E-state index >= 15 is 0 Å². The lowest BCUT2D eigenvalue weighted by Gasteiger charge is -2.34. The summed E-state index contributed by atoms with van der Waals surface area (Å²) in [5, 5.41) is 3.57. The molecule has 2 rings (SSSR count). The second-order valence-corrected chi connectivity index (χ2v) is 5.65. The molecule has 1 aliphatic rings. The lowest BCUT2D eigenvalue weighted by molar-refractivity contribution is 0.174. The highest BCUT2D eigenvalue weighted by Gasteiger charge is 2.32. The maximum Gasteiger partial charge on any atom is 0.237 e. The Bertz CT molecular complexity index is 442. The molecule has 1 fully saturated rings. The van der Waals surface area contributed by atoms with Gasteiger partial charge in [-0.3, -0.25) is 4.98 Å². The molecule has 1 aromatic heterocycles. The highest BCUT2D eigenvalue weighted by molar-refractivity contribution is 5.23. The van der Waals surface area contributed by atoms with E-state index in [4.69, 9.17) is 4.74 Å². The van der Waals surface area contributed by atoms with Gasteiger partial charge in [-0.25, -0.2) is 4.98 Å². The lowest BCUT2D eigenvalue weighted by Crippen LogP contribution is -2.47. The average molecular weight is 293 g/mol.